The first-order valence-electron chi connectivity index (χ1n) is 5.27. The zero-order chi connectivity index (χ0) is 14.5. The fraction of sp³-hybridized carbons (Fsp3) is 0.556. The largest absolute Gasteiger partial charge is 0.394 e. The van der Waals surface area contributed by atoms with Crippen LogP contribution in [-0.2, 0) is 21.2 Å². The van der Waals surface area contributed by atoms with E-state index < -0.39 is 22.0 Å². The van der Waals surface area contributed by atoms with E-state index in [1.165, 1.54) is 0 Å². The summed E-state index contributed by atoms with van der Waals surface area (Å²) in [7, 11) is -3.39. The molecule has 1 aromatic rings. The highest BCUT2D eigenvalue weighted by Gasteiger charge is 2.13. The number of aromatic nitrogens is 1. The van der Waals surface area contributed by atoms with Crippen LogP contribution in [0.15, 0.2) is 5.38 Å². The van der Waals surface area contributed by atoms with Crippen molar-refractivity contribution in [1.29, 1.82) is 0 Å². The minimum absolute atomic E-state index is 0.0571. The lowest BCUT2D eigenvalue weighted by Gasteiger charge is -2.12. The van der Waals surface area contributed by atoms with Crippen LogP contribution in [0.1, 0.15) is 5.69 Å². The Hall–Kier alpha value is -1.23. The third-order valence-electron chi connectivity index (χ3n) is 1.97. The molecule has 1 amide bonds. The molecule has 0 spiro atoms. The molecule has 0 aromatic carbocycles. The van der Waals surface area contributed by atoms with Gasteiger partial charge in [-0.2, -0.15) is 0 Å². The number of thiazole rings is 1. The van der Waals surface area contributed by atoms with Crippen molar-refractivity contribution in [3.05, 3.63) is 11.1 Å². The summed E-state index contributed by atoms with van der Waals surface area (Å²) >= 11 is 1.07. The average molecular weight is 309 g/mol. The number of nitrogens with zero attached hydrogens (tertiary/aromatic N) is 1. The number of hydrogen-bond acceptors (Lipinski definition) is 7. The summed E-state index contributed by atoms with van der Waals surface area (Å²) in [4.78, 5) is 15.5. The molecule has 0 aliphatic rings. The van der Waals surface area contributed by atoms with Gasteiger partial charge in [0.05, 0.1) is 37.6 Å². The van der Waals surface area contributed by atoms with E-state index in [9.17, 15) is 13.2 Å². The summed E-state index contributed by atoms with van der Waals surface area (Å²) in [5.74, 6) is -0.413. The van der Waals surface area contributed by atoms with E-state index in [1.54, 1.807) is 5.38 Å². The number of sulfonamides is 1. The first-order chi connectivity index (χ1) is 8.84. The maximum atomic E-state index is 11.5. The first kappa shape index (κ1) is 15.8. The Balaban J connectivity index is 2.56. The van der Waals surface area contributed by atoms with E-state index in [-0.39, 0.29) is 24.8 Å². The molecule has 10 heteroatoms. The summed E-state index contributed by atoms with van der Waals surface area (Å²) in [5.41, 5.74) is 0.406. The minimum Gasteiger partial charge on any atom is -0.394 e. The molecule has 0 bridgehead atoms. The van der Waals surface area contributed by atoms with Gasteiger partial charge in [0.25, 0.3) is 0 Å². The number of hydrogen-bond donors (Lipinski definition) is 4. The van der Waals surface area contributed by atoms with Crippen molar-refractivity contribution < 1.29 is 23.4 Å². The lowest BCUT2D eigenvalue weighted by atomic mass is 10.3. The fourth-order valence-electron chi connectivity index (χ4n) is 1.19. The molecule has 0 aliphatic carbocycles. The summed E-state index contributed by atoms with van der Waals surface area (Å²) in [6.45, 7) is -0.722. The van der Waals surface area contributed by atoms with Crippen LogP contribution >= 0.6 is 11.3 Å². The molecule has 19 heavy (non-hydrogen) atoms. The molecule has 4 N–H and O–H groups in total. The van der Waals surface area contributed by atoms with Gasteiger partial charge >= 0.3 is 0 Å². The Morgan fingerprint density at radius 1 is 1.47 bits per heavy atom. The van der Waals surface area contributed by atoms with E-state index in [1.807, 2.05) is 0 Å². The number of carbonyl (C=O) groups excluding carboxylic acids is 1. The summed E-state index contributed by atoms with van der Waals surface area (Å²) in [6.07, 6.45) is 0.951. The van der Waals surface area contributed by atoms with Gasteiger partial charge < -0.3 is 15.5 Å². The molecular weight excluding hydrogens is 294 g/mol. The predicted octanol–water partition coefficient (Wildman–Crippen LogP) is -1.47. The standard InChI is InChI=1S/C9H15N3O5S2/c1-19(16,17)12-9-11-6(5-18-9)2-8(15)10-7(3-13)4-14/h5,7,13-14H,2-4H2,1H3,(H,10,15)(H,11,12). The summed E-state index contributed by atoms with van der Waals surface area (Å²) < 4.78 is 24.2. The monoisotopic (exact) mass is 309 g/mol. The van der Waals surface area contributed by atoms with E-state index in [2.05, 4.69) is 15.0 Å². The van der Waals surface area contributed by atoms with E-state index >= 15 is 0 Å². The molecule has 0 saturated heterocycles. The van der Waals surface area contributed by atoms with Crippen LogP contribution in [0.3, 0.4) is 0 Å². The van der Waals surface area contributed by atoms with Crippen LogP contribution < -0.4 is 10.0 Å². The normalized spacial score (nSPS) is 11.6. The zero-order valence-electron chi connectivity index (χ0n) is 10.2. The Labute approximate surface area is 114 Å². The number of anilines is 1. The van der Waals surface area contributed by atoms with Crippen LogP contribution in [0.25, 0.3) is 0 Å². The Morgan fingerprint density at radius 2 is 2.11 bits per heavy atom. The van der Waals surface area contributed by atoms with Crippen molar-refractivity contribution in [1.82, 2.24) is 10.3 Å². The molecule has 108 valence electrons. The third kappa shape index (κ3) is 5.96. The molecule has 0 saturated carbocycles. The van der Waals surface area contributed by atoms with Crippen molar-refractivity contribution >= 4 is 32.4 Å². The van der Waals surface area contributed by atoms with Crippen LogP contribution in [0.2, 0.25) is 0 Å². The van der Waals surface area contributed by atoms with Crippen molar-refractivity contribution in [2.75, 3.05) is 24.2 Å². The summed E-state index contributed by atoms with van der Waals surface area (Å²) in [5, 5.41) is 21.8. The second-order valence-corrected chi connectivity index (χ2v) is 6.43. The van der Waals surface area contributed by atoms with Crippen LogP contribution in [0.4, 0.5) is 5.13 Å². The first-order valence-corrected chi connectivity index (χ1v) is 8.04. The molecule has 8 nitrogen and oxygen atoms in total. The van der Waals surface area contributed by atoms with Gasteiger partial charge in [0.1, 0.15) is 0 Å². The van der Waals surface area contributed by atoms with Crippen LogP contribution in [0, 0.1) is 0 Å². The number of rotatable bonds is 7. The van der Waals surface area contributed by atoms with Gasteiger partial charge in [-0.3, -0.25) is 9.52 Å². The maximum Gasteiger partial charge on any atom is 0.231 e. The SMILES string of the molecule is CS(=O)(=O)Nc1nc(CC(=O)NC(CO)CO)cs1. The molecule has 1 heterocycles. The number of aliphatic hydroxyl groups excluding tert-OH is 2. The lowest BCUT2D eigenvalue weighted by molar-refractivity contribution is -0.121. The van der Waals surface area contributed by atoms with Crippen molar-refractivity contribution in [2.24, 2.45) is 0 Å². The smallest absolute Gasteiger partial charge is 0.231 e. The van der Waals surface area contributed by atoms with Crippen LogP contribution in [0.5, 0.6) is 0 Å². The molecule has 0 radical (unpaired) electrons. The molecular formula is C9H15N3O5S2. The third-order valence-corrected chi connectivity index (χ3v) is 3.47. The van der Waals surface area contributed by atoms with E-state index in [4.69, 9.17) is 10.2 Å². The van der Waals surface area contributed by atoms with Crippen LogP contribution in [-0.4, -0.2) is 55.0 Å². The number of amides is 1. The van der Waals surface area contributed by atoms with Gasteiger partial charge in [-0.1, -0.05) is 0 Å². The second-order valence-electron chi connectivity index (χ2n) is 3.82. The predicted molar refractivity (Wildman–Crippen MR) is 70.4 cm³/mol. The summed E-state index contributed by atoms with van der Waals surface area (Å²) in [6, 6.07) is -0.709. The molecule has 0 unspecified atom stereocenters. The minimum atomic E-state index is -3.39. The average Bonchev–Trinajstić information content (AvgIpc) is 2.70. The van der Waals surface area contributed by atoms with Gasteiger partial charge in [0.15, 0.2) is 5.13 Å². The quantitative estimate of drug-likeness (QED) is 0.486. The topological polar surface area (TPSA) is 129 Å². The molecule has 0 aliphatic heterocycles. The zero-order valence-corrected chi connectivity index (χ0v) is 11.8. The Morgan fingerprint density at radius 3 is 2.63 bits per heavy atom. The number of aliphatic hydroxyl groups is 2. The van der Waals surface area contributed by atoms with Crippen molar-refractivity contribution in [2.45, 2.75) is 12.5 Å². The van der Waals surface area contributed by atoms with Gasteiger partial charge in [0, 0.05) is 5.38 Å². The maximum absolute atomic E-state index is 11.5. The van der Waals surface area contributed by atoms with Gasteiger partial charge in [0.2, 0.25) is 15.9 Å². The number of nitrogens with one attached hydrogen (secondary N) is 2. The highest BCUT2D eigenvalue weighted by atomic mass is 32.2. The lowest BCUT2D eigenvalue weighted by Crippen LogP contribution is -2.40. The van der Waals surface area contributed by atoms with Crippen molar-refractivity contribution in [3.63, 3.8) is 0 Å². The molecule has 0 atom stereocenters. The fourth-order valence-corrected chi connectivity index (χ4v) is 2.75. The molecule has 1 aromatic heterocycles. The Kier molecular flexibility index (Phi) is 5.66. The van der Waals surface area contributed by atoms with E-state index in [0.29, 0.717) is 5.69 Å². The molecule has 1 rings (SSSR count). The van der Waals surface area contributed by atoms with Gasteiger partial charge in [-0.25, -0.2) is 13.4 Å². The Bertz CT molecular complexity index is 524. The van der Waals surface area contributed by atoms with Crippen molar-refractivity contribution in [3.8, 4) is 0 Å². The number of carbonyl (C=O) groups is 1. The van der Waals surface area contributed by atoms with Gasteiger partial charge in [-0.05, 0) is 0 Å². The van der Waals surface area contributed by atoms with E-state index in [0.717, 1.165) is 17.6 Å². The second kappa shape index (κ2) is 6.80. The molecule has 0 fully saturated rings. The van der Waals surface area contributed by atoms with Gasteiger partial charge in [-0.15, -0.1) is 11.3 Å². The highest BCUT2D eigenvalue weighted by Crippen LogP contribution is 2.16. The highest BCUT2D eigenvalue weighted by molar-refractivity contribution is 7.92.